The van der Waals surface area contributed by atoms with E-state index in [9.17, 15) is 0 Å². The van der Waals surface area contributed by atoms with Crippen LogP contribution in [0.4, 0.5) is 0 Å². The van der Waals surface area contributed by atoms with Gasteiger partial charge in [0.25, 0.3) is 0 Å². The molecule has 0 aromatic carbocycles. The van der Waals surface area contributed by atoms with E-state index < -0.39 is 0 Å². The second-order valence-electron chi connectivity index (χ2n) is 4.65. The van der Waals surface area contributed by atoms with Crippen molar-refractivity contribution in [3.8, 4) is 0 Å². The van der Waals surface area contributed by atoms with Crippen molar-refractivity contribution in [2.24, 2.45) is 23.5 Å². The van der Waals surface area contributed by atoms with Crippen LogP contribution in [0, 0.1) is 17.8 Å². The Bertz CT molecular complexity index is 149. The van der Waals surface area contributed by atoms with Crippen molar-refractivity contribution in [1.29, 1.82) is 0 Å². The van der Waals surface area contributed by atoms with Crippen molar-refractivity contribution in [2.45, 2.75) is 39.2 Å². The van der Waals surface area contributed by atoms with Gasteiger partial charge in [0.05, 0.1) is 0 Å². The zero-order chi connectivity index (χ0) is 9.84. The van der Waals surface area contributed by atoms with E-state index in [1.54, 1.807) is 0 Å². The lowest BCUT2D eigenvalue weighted by Gasteiger charge is -2.35. The van der Waals surface area contributed by atoms with Gasteiger partial charge in [-0.3, -0.25) is 0 Å². The van der Waals surface area contributed by atoms with E-state index in [2.05, 4.69) is 20.1 Å². The molecule has 1 aliphatic rings. The maximum atomic E-state index is 6.15. The smallest absolute Gasteiger partial charge is 0.0158 e. The monoisotopic (exact) mass is 201 g/mol. The molecule has 2 N–H and O–H groups in total. The van der Waals surface area contributed by atoms with Gasteiger partial charge in [0, 0.05) is 11.8 Å². The molecule has 0 aliphatic heterocycles. The first-order valence-electron chi connectivity index (χ1n) is 5.39. The molecule has 1 aliphatic carbocycles. The first kappa shape index (κ1) is 11.4. The average molecular weight is 201 g/mol. The fraction of sp³-hybridized carbons (Fsp3) is 1.00. The molecule has 1 nitrogen and oxygen atoms in total. The van der Waals surface area contributed by atoms with Gasteiger partial charge in [-0.25, -0.2) is 0 Å². The maximum absolute atomic E-state index is 6.15. The van der Waals surface area contributed by atoms with E-state index in [1.807, 2.05) is 11.8 Å². The van der Waals surface area contributed by atoms with Crippen molar-refractivity contribution in [2.75, 3.05) is 12.0 Å². The van der Waals surface area contributed by atoms with Gasteiger partial charge in [-0.15, -0.1) is 0 Å². The van der Waals surface area contributed by atoms with Crippen molar-refractivity contribution in [3.05, 3.63) is 0 Å². The Morgan fingerprint density at radius 1 is 1.31 bits per heavy atom. The molecule has 13 heavy (non-hydrogen) atoms. The van der Waals surface area contributed by atoms with E-state index in [1.165, 1.54) is 19.3 Å². The van der Waals surface area contributed by atoms with Gasteiger partial charge in [0.15, 0.2) is 0 Å². The minimum absolute atomic E-state index is 0.435. The van der Waals surface area contributed by atoms with Crippen LogP contribution in [0.1, 0.15) is 33.1 Å². The van der Waals surface area contributed by atoms with Crippen LogP contribution in [0.5, 0.6) is 0 Å². The second-order valence-corrected chi connectivity index (χ2v) is 5.56. The van der Waals surface area contributed by atoms with E-state index in [0.717, 1.165) is 23.5 Å². The number of rotatable bonds is 3. The van der Waals surface area contributed by atoms with Gasteiger partial charge in [0.1, 0.15) is 0 Å². The van der Waals surface area contributed by atoms with Gasteiger partial charge in [-0.05, 0) is 36.9 Å². The fourth-order valence-electron chi connectivity index (χ4n) is 2.31. The number of hydrogen-bond acceptors (Lipinski definition) is 2. The summed E-state index contributed by atoms with van der Waals surface area (Å²) in [7, 11) is 0. The molecule has 0 radical (unpaired) electrons. The fourth-order valence-corrected chi connectivity index (χ4v) is 2.96. The molecule has 0 aromatic heterocycles. The quantitative estimate of drug-likeness (QED) is 0.760. The third-order valence-corrected chi connectivity index (χ3v) is 4.32. The van der Waals surface area contributed by atoms with Crippen molar-refractivity contribution in [1.82, 2.24) is 0 Å². The zero-order valence-corrected chi connectivity index (χ0v) is 9.94. The Kier molecular flexibility index (Phi) is 4.60. The van der Waals surface area contributed by atoms with Crippen LogP contribution in [0.2, 0.25) is 0 Å². The van der Waals surface area contributed by atoms with Crippen molar-refractivity contribution < 1.29 is 0 Å². The number of thioether (sulfide) groups is 1. The van der Waals surface area contributed by atoms with E-state index in [-0.39, 0.29) is 0 Å². The van der Waals surface area contributed by atoms with Crippen LogP contribution in [0.15, 0.2) is 0 Å². The molecule has 2 heteroatoms. The zero-order valence-electron chi connectivity index (χ0n) is 9.12. The summed E-state index contributed by atoms with van der Waals surface area (Å²) in [6.45, 7) is 4.75. The molecular formula is C11H23NS. The summed E-state index contributed by atoms with van der Waals surface area (Å²) in [5.41, 5.74) is 6.15. The SMILES string of the molecule is CSCC(N)C1CCC(C)C(C)C1. The summed E-state index contributed by atoms with van der Waals surface area (Å²) in [6.07, 6.45) is 6.23. The molecule has 0 spiro atoms. The normalized spacial score (nSPS) is 37.4. The van der Waals surface area contributed by atoms with Crippen LogP contribution in [-0.2, 0) is 0 Å². The summed E-state index contributed by atoms with van der Waals surface area (Å²) in [5.74, 6) is 3.72. The number of hydrogen-bond donors (Lipinski definition) is 1. The first-order chi connectivity index (χ1) is 6.15. The first-order valence-corrected chi connectivity index (χ1v) is 6.79. The van der Waals surface area contributed by atoms with Gasteiger partial charge in [-0.2, -0.15) is 11.8 Å². The van der Waals surface area contributed by atoms with Crippen LogP contribution in [-0.4, -0.2) is 18.1 Å². The molecule has 0 saturated heterocycles. The highest BCUT2D eigenvalue weighted by molar-refractivity contribution is 7.98. The van der Waals surface area contributed by atoms with Crippen LogP contribution < -0.4 is 5.73 Å². The highest BCUT2D eigenvalue weighted by atomic mass is 32.2. The van der Waals surface area contributed by atoms with Crippen LogP contribution in [0.25, 0.3) is 0 Å². The molecule has 4 atom stereocenters. The molecule has 0 bridgehead atoms. The standard InChI is InChI=1S/C11H23NS/c1-8-4-5-10(6-9(8)2)11(12)7-13-3/h8-11H,4-7,12H2,1-3H3. The molecule has 0 heterocycles. The predicted molar refractivity (Wildman–Crippen MR) is 62.0 cm³/mol. The van der Waals surface area contributed by atoms with Crippen molar-refractivity contribution in [3.63, 3.8) is 0 Å². The van der Waals surface area contributed by atoms with E-state index in [4.69, 9.17) is 5.73 Å². The van der Waals surface area contributed by atoms with Crippen LogP contribution >= 0.6 is 11.8 Å². The minimum atomic E-state index is 0.435. The molecule has 1 fully saturated rings. The summed E-state index contributed by atoms with van der Waals surface area (Å²) < 4.78 is 0. The Balaban J connectivity index is 2.36. The van der Waals surface area contributed by atoms with E-state index >= 15 is 0 Å². The molecule has 0 aromatic rings. The minimum Gasteiger partial charge on any atom is -0.327 e. The third kappa shape index (κ3) is 3.17. The van der Waals surface area contributed by atoms with Gasteiger partial charge < -0.3 is 5.73 Å². The summed E-state index contributed by atoms with van der Waals surface area (Å²) >= 11 is 1.88. The summed E-state index contributed by atoms with van der Waals surface area (Å²) in [5, 5.41) is 0. The molecule has 1 rings (SSSR count). The number of nitrogens with two attached hydrogens (primary N) is 1. The van der Waals surface area contributed by atoms with Crippen molar-refractivity contribution >= 4 is 11.8 Å². The maximum Gasteiger partial charge on any atom is 0.0158 e. The topological polar surface area (TPSA) is 26.0 Å². The second kappa shape index (κ2) is 5.26. The van der Waals surface area contributed by atoms with Crippen LogP contribution in [0.3, 0.4) is 0 Å². The molecule has 4 unspecified atom stereocenters. The Morgan fingerprint density at radius 3 is 2.54 bits per heavy atom. The summed E-state index contributed by atoms with van der Waals surface area (Å²) in [4.78, 5) is 0. The molecule has 78 valence electrons. The lowest BCUT2D eigenvalue weighted by Crippen LogP contribution is -2.37. The summed E-state index contributed by atoms with van der Waals surface area (Å²) in [6, 6.07) is 0.435. The van der Waals surface area contributed by atoms with Gasteiger partial charge in [-0.1, -0.05) is 20.3 Å². The Morgan fingerprint density at radius 2 is 2.00 bits per heavy atom. The van der Waals surface area contributed by atoms with Gasteiger partial charge >= 0.3 is 0 Å². The average Bonchev–Trinajstić information content (AvgIpc) is 2.10. The highest BCUT2D eigenvalue weighted by Gasteiger charge is 2.27. The molecule has 0 amide bonds. The molecular weight excluding hydrogens is 178 g/mol. The van der Waals surface area contributed by atoms with Gasteiger partial charge in [0.2, 0.25) is 0 Å². The molecule has 1 saturated carbocycles. The van der Waals surface area contributed by atoms with E-state index in [0.29, 0.717) is 6.04 Å². The lowest BCUT2D eigenvalue weighted by atomic mass is 9.74. The highest BCUT2D eigenvalue weighted by Crippen LogP contribution is 2.34. The predicted octanol–water partition coefficient (Wildman–Crippen LogP) is 2.75. The Labute approximate surface area is 86.8 Å². The Hall–Kier alpha value is 0.310. The lowest BCUT2D eigenvalue weighted by molar-refractivity contribution is 0.192. The third-order valence-electron chi connectivity index (χ3n) is 3.60. The largest absolute Gasteiger partial charge is 0.327 e.